The van der Waals surface area contributed by atoms with E-state index in [1.165, 1.54) is 0 Å². The number of pyridine rings is 1. The normalized spacial score (nSPS) is 11.5. The third kappa shape index (κ3) is 3.62. The largest absolute Gasteiger partial charge is 0.264 e. The summed E-state index contributed by atoms with van der Waals surface area (Å²) in [4.78, 5) is 4.24. The SMILES string of the molecule is Cc1cc(Br)ccc1S(=O)(=O)NCc1cccnc1. The quantitative estimate of drug-likeness (QED) is 0.930. The van der Waals surface area contributed by atoms with E-state index in [-0.39, 0.29) is 6.54 Å². The molecule has 0 atom stereocenters. The standard InChI is InChI=1S/C13H13BrN2O2S/c1-10-7-12(14)4-5-13(10)19(17,18)16-9-11-3-2-6-15-8-11/h2-8,16H,9H2,1H3. The molecule has 19 heavy (non-hydrogen) atoms. The van der Waals surface area contributed by atoms with Crippen LogP contribution in [0.4, 0.5) is 0 Å². The Kier molecular flexibility index (Phi) is 4.34. The number of halogens is 1. The van der Waals surface area contributed by atoms with Crippen LogP contribution in [0.15, 0.2) is 52.1 Å². The fourth-order valence-corrected chi connectivity index (χ4v) is 3.39. The van der Waals surface area contributed by atoms with Crippen molar-refractivity contribution in [2.45, 2.75) is 18.4 Å². The fourth-order valence-electron chi connectivity index (χ4n) is 1.67. The van der Waals surface area contributed by atoms with Gasteiger partial charge in [0, 0.05) is 23.4 Å². The van der Waals surface area contributed by atoms with Crippen LogP contribution in [0.1, 0.15) is 11.1 Å². The van der Waals surface area contributed by atoms with E-state index in [0.717, 1.165) is 10.0 Å². The van der Waals surface area contributed by atoms with Gasteiger partial charge >= 0.3 is 0 Å². The molecule has 0 aliphatic heterocycles. The number of sulfonamides is 1. The lowest BCUT2D eigenvalue weighted by molar-refractivity contribution is 0.580. The molecule has 4 nitrogen and oxygen atoms in total. The molecular weight excluding hydrogens is 328 g/mol. The van der Waals surface area contributed by atoms with Crippen molar-refractivity contribution >= 4 is 26.0 Å². The molecule has 2 rings (SSSR count). The van der Waals surface area contributed by atoms with Crippen molar-refractivity contribution in [1.29, 1.82) is 0 Å². The summed E-state index contributed by atoms with van der Waals surface area (Å²) in [5, 5.41) is 0. The topological polar surface area (TPSA) is 59.1 Å². The molecule has 0 unspecified atom stereocenters. The molecule has 0 spiro atoms. The Morgan fingerprint density at radius 2 is 2.11 bits per heavy atom. The third-order valence-corrected chi connectivity index (χ3v) is 4.67. The first kappa shape index (κ1) is 14.2. The summed E-state index contributed by atoms with van der Waals surface area (Å²) >= 11 is 3.32. The third-order valence-electron chi connectivity index (χ3n) is 2.62. The molecule has 0 aliphatic carbocycles. The molecule has 1 N–H and O–H groups in total. The molecule has 2 aromatic rings. The van der Waals surface area contributed by atoms with Gasteiger partial charge in [-0.15, -0.1) is 0 Å². The number of hydrogen-bond acceptors (Lipinski definition) is 3. The van der Waals surface area contributed by atoms with Crippen molar-refractivity contribution in [1.82, 2.24) is 9.71 Å². The zero-order chi connectivity index (χ0) is 13.9. The second-order valence-corrected chi connectivity index (χ2v) is 6.75. The molecule has 0 radical (unpaired) electrons. The highest BCUT2D eigenvalue weighted by Crippen LogP contribution is 2.20. The number of benzene rings is 1. The minimum atomic E-state index is -3.50. The van der Waals surface area contributed by atoms with Crippen LogP contribution in [-0.2, 0) is 16.6 Å². The van der Waals surface area contributed by atoms with E-state index < -0.39 is 10.0 Å². The van der Waals surface area contributed by atoms with Crippen LogP contribution < -0.4 is 4.72 Å². The van der Waals surface area contributed by atoms with Gasteiger partial charge in [-0.1, -0.05) is 22.0 Å². The van der Waals surface area contributed by atoms with Gasteiger partial charge in [-0.05, 0) is 42.3 Å². The van der Waals surface area contributed by atoms with Crippen LogP contribution in [0.25, 0.3) is 0 Å². The van der Waals surface area contributed by atoms with Gasteiger partial charge in [-0.2, -0.15) is 0 Å². The van der Waals surface area contributed by atoms with Crippen LogP contribution in [-0.4, -0.2) is 13.4 Å². The summed E-state index contributed by atoms with van der Waals surface area (Å²) < 4.78 is 27.8. The zero-order valence-electron chi connectivity index (χ0n) is 10.3. The highest BCUT2D eigenvalue weighted by Gasteiger charge is 2.16. The Labute approximate surface area is 121 Å². The number of nitrogens with one attached hydrogen (secondary N) is 1. The smallest absolute Gasteiger partial charge is 0.241 e. The monoisotopic (exact) mass is 340 g/mol. The number of hydrogen-bond donors (Lipinski definition) is 1. The van der Waals surface area contributed by atoms with Gasteiger partial charge in [-0.3, -0.25) is 4.98 Å². The summed E-state index contributed by atoms with van der Waals surface area (Å²) in [6.45, 7) is 2.00. The first-order valence-corrected chi connectivity index (χ1v) is 7.91. The van der Waals surface area contributed by atoms with Crippen molar-refractivity contribution in [2.24, 2.45) is 0 Å². The van der Waals surface area contributed by atoms with Gasteiger partial charge < -0.3 is 0 Å². The molecule has 0 amide bonds. The van der Waals surface area contributed by atoms with E-state index in [1.807, 2.05) is 6.07 Å². The van der Waals surface area contributed by atoms with Gasteiger partial charge in [0.1, 0.15) is 0 Å². The van der Waals surface area contributed by atoms with Crippen LogP contribution in [0.2, 0.25) is 0 Å². The molecule has 1 aromatic heterocycles. The number of aryl methyl sites for hydroxylation is 1. The van der Waals surface area contributed by atoms with Crippen molar-refractivity contribution in [2.75, 3.05) is 0 Å². The van der Waals surface area contributed by atoms with Gasteiger partial charge in [0.2, 0.25) is 10.0 Å². The van der Waals surface area contributed by atoms with Crippen LogP contribution in [0.5, 0.6) is 0 Å². The Morgan fingerprint density at radius 3 is 2.74 bits per heavy atom. The molecule has 0 fully saturated rings. The zero-order valence-corrected chi connectivity index (χ0v) is 12.7. The highest BCUT2D eigenvalue weighted by molar-refractivity contribution is 9.10. The first-order chi connectivity index (χ1) is 8.99. The number of aromatic nitrogens is 1. The molecule has 1 heterocycles. The minimum Gasteiger partial charge on any atom is -0.264 e. The lowest BCUT2D eigenvalue weighted by Crippen LogP contribution is -2.24. The van der Waals surface area contributed by atoms with E-state index in [0.29, 0.717) is 10.5 Å². The fraction of sp³-hybridized carbons (Fsp3) is 0.154. The van der Waals surface area contributed by atoms with Gasteiger partial charge in [-0.25, -0.2) is 13.1 Å². The Hall–Kier alpha value is -1.24. The lowest BCUT2D eigenvalue weighted by atomic mass is 10.2. The molecule has 1 aromatic carbocycles. The molecule has 0 bridgehead atoms. The van der Waals surface area contributed by atoms with E-state index >= 15 is 0 Å². The predicted octanol–water partition coefficient (Wildman–Crippen LogP) is 2.63. The molecular formula is C13H13BrN2O2S. The summed E-state index contributed by atoms with van der Waals surface area (Å²) in [7, 11) is -3.50. The van der Waals surface area contributed by atoms with Crippen molar-refractivity contribution < 1.29 is 8.42 Å². The Balaban J connectivity index is 2.19. The Bertz CT molecular complexity index is 672. The number of rotatable bonds is 4. The van der Waals surface area contributed by atoms with Crippen LogP contribution in [0.3, 0.4) is 0 Å². The van der Waals surface area contributed by atoms with E-state index in [1.54, 1.807) is 43.6 Å². The van der Waals surface area contributed by atoms with Crippen LogP contribution in [0, 0.1) is 6.92 Å². The summed E-state index contributed by atoms with van der Waals surface area (Å²) in [6.07, 6.45) is 3.29. The predicted molar refractivity (Wildman–Crippen MR) is 77.1 cm³/mol. The average Bonchev–Trinajstić information content (AvgIpc) is 2.37. The molecule has 6 heteroatoms. The lowest BCUT2D eigenvalue weighted by Gasteiger charge is -2.09. The highest BCUT2D eigenvalue weighted by atomic mass is 79.9. The summed E-state index contributed by atoms with van der Waals surface area (Å²) in [5.41, 5.74) is 1.52. The van der Waals surface area contributed by atoms with Gasteiger partial charge in [0.25, 0.3) is 0 Å². The number of nitrogens with zero attached hydrogens (tertiary/aromatic N) is 1. The van der Waals surface area contributed by atoms with Gasteiger partial charge in [0.15, 0.2) is 0 Å². The Morgan fingerprint density at radius 1 is 1.32 bits per heavy atom. The molecule has 0 aliphatic rings. The van der Waals surface area contributed by atoms with E-state index in [2.05, 4.69) is 25.6 Å². The second kappa shape index (κ2) is 5.81. The maximum Gasteiger partial charge on any atom is 0.241 e. The molecule has 0 saturated carbocycles. The van der Waals surface area contributed by atoms with Crippen molar-refractivity contribution in [3.05, 3.63) is 58.3 Å². The van der Waals surface area contributed by atoms with Crippen LogP contribution >= 0.6 is 15.9 Å². The minimum absolute atomic E-state index is 0.228. The maximum absolute atomic E-state index is 12.2. The van der Waals surface area contributed by atoms with Crippen molar-refractivity contribution in [3.8, 4) is 0 Å². The molecule has 0 saturated heterocycles. The summed E-state index contributed by atoms with van der Waals surface area (Å²) in [6, 6.07) is 8.67. The molecule has 100 valence electrons. The first-order valence-electron chi connectivity index (χ1n) is 5.64. The van der Waals surface area contributed by atoms with Crippen molar-refractivity contribution in [3.63, 3.8) is 0 Å². The maximum atomic E-state index is 12.2. The summed E-state index contributed by atoms with van der Waals surface area (Å²) in [5.74, 6) is 0. The van der Waals surface area contributed by atoms with E-state index in [9.17, 15) is 8.42 Å². The van der Waals surface area contributed by atoms with E-state index in [4.69, 9.17) is 0 Å². The average molecular weight is 341 g/mol. The second-order valence-electron chi connectivity index (χ2n) is 4.10. The van der Waals surface area contributed by atoms with Gasteiger partial charge in [0.05, 0.1) is 4.90 Å².